The summed E-state index contributed by atoms with van der Waals surface area (Å²) in [6.07, 6.45) is 7.13. The molecule has 1 aliphatic carbocycles. The normalized spacial score (nSPS) is 26.7. The largest absolute Gasteiger partial charge is 0.457 e. The molecular formula is C25H31N3O3. The third-order valence-electron chi connectivity index (χ3n) is 7.35. The maximum atomic E-state index is 11.7. The van der Waals surface area contributed by atoms with Crippen LogP contribution in [0.15, 0.2) is 59.4 Å². The lowest BCUT2D eigenvalue weighted by Crippen LogP contribution is -2.55. The Morgan fingerprint density at radius 1 is 1.06 bits per heavy atom. The number of amides is 1. The van der Waals surface area contributed by atoms with Crippen LogP contribution in [0, 0.1) is 0 Å². The van der Waals surface area contributed by atoms with Gasteiger partial charge in [-0.25, -0.2) is 4.79 Å². The monoisotopic (exact) mass is 421 g/mol. The van der Waals surface area contributed by atoms with Gasteiger partial charge in [0.2, 0.25) is 0 Å². The SMILES string of the molecule is CC1=C2CC=CC=C2Oc2ccccc2C1(C)N1CCN(CCN2CCOC2=O)CC1. The molecular weight excluding hydrogens is 390 g/mol. The van der Waals surface area contributed by atoms with E-state index in [0.717, 1.165) is 57.2 Å². The molecule has 4 aliphatic rings. The number of carbonyl (C=O) groups is 1. The summed E-state index contributed by atoms with van der Waals surface area (Å²) in [5, 5.41) is 0. The van der Waals surface area contributed by atoms with E-state index >= 15 is 0 Å². The predicted molar refractivity (Wildman–Crippen MR) is 120 cm³/mol. The molecule has 0 N–H and O–H groups in total. The number of piperazine rings is 1. The highest BCUT2D eigenvalue weighted by molar-refractivity contribution is 5.69. The van der Waals surface area contributed by atoms with Crippen molar-refractivity contribution < 1.29 is 14.3 Å². The molecule has 1 amide bonds. The number of fused-ring (bicyclic) bond motifs is 2. The van der Waals surface area contributed by atoms with Gasteiger partial charge in [-0.3, -0.25) is 9.80 Å². The fraction of sp³-hybridized carbons (Fsp3) is 0.480. The van der Waals surface area contributed by atoms with Gasteiger partial charge in [0.05, 0.1) is 12.1 Å². The van der Waals surface area contributed by atoms with Crippen LogP contribution >= 0.6 is 0 Å². The van der Waals surface area contributed by atoms with Gasteiger partial charge in [-0.15, -0.1) is 0 Å². The van der Waals surface area contributed by atoms with Crippen molar-refractivity contribution in [3.05, 3.63) is 65.0 Å². The Balaban J connectivity index is 1.37. The van der Waals surface area contributed by atoms with Gasteiger partial charge in [0.1, 0.15) is 18.1 Å². The first-order valence-corrected chi connectivity index (χ1v) is 11.3. The number of nitrogens with zero attached hydrogens (tertiary/aromatic N) is 3. The van der Waals surface area contributed by atoms with Crippen molar-refractivity contribution >= 4 is 6.09 Å². The van der Waals surface area contributed by atoms with Gasteiger partial charge < -0.3 is 14.4 Å². The lowest BCUT2D eigenvalue weighted by Gasteiger charge is -2.47. The first-order valence-electron chi connectivity index (χ1n) is 11.3. The molecule has 0 radical (unpaired) electrons. The maximum absolute atomic E-state index is 11.7. The summed E-state index contributed by atoms with van der Waals surface area (Å²) in [6.45, 7) is 11.5. The van der Waals surface area contributed by atoms with Crippen LogP contribution in [0.25, 0.3) is 0 Å². The summed E-state index contributed by atoms with van der Waals surface area (Å²) in [7, 11) is 0. The quantitative estimate of drug-likeness (QED) is 0.744. The molecule has 1 aromatic carbocycles. The average molecular weight is 422 g/mol. The lowest BCUT2D eigenvalue weighted by atomic mass is 9.79. The molecule has 1 unspecified atom stereocenters. The molecule has 0 saturated carbocycles. The molecule has 0 bridgehead atoms. The first kappa shape index (κ1) is 20.3. The average Bonchev–Trinajstić information content (AvgIpc) is 3.18. The molecule has 1 aromatic rings. The lowest BCUT2D eigenvalue weighted by molar-refractivity contribution is 0.0566. The van der Waals surface area contributed by atoms with E-state index in [1.165, 1.54) is 16.7 Å². The minimum absolute atomic E-state index is 0.172. The Morgan fingerprint density at radius 3 is 2.65 bits per heavy atom. The molecule has 2 saturated heterocycles. The zero-order valence-electron chi connectivity index (χ0n) is 18.5. The smallest absolute Gasteiger partial charge is 0.409 e. The summed E-state index contributed by atoms with van der Waals surface area (Å²) < 4.78 is 11.5. The zero-order valence-corrected chi connectivity index (χ0v) is 18.5. The Labute approximate surface area is 184 Å². The highest BCUT2D eigenvalue weighted by atomic mass is 16.6. The van der Waals surface area contributed by atoms with Crippen molar-refractivity contribution in [2.45, 2.75) is 25.8 Å². The summed E-state index contributed by atoms with van der Waals surface area (Å²) in [4.78, 5) is 18.6. The molecule has 1 atom stereocenters. The highest BCUT2D eigenvalue weighted by Gasteiger charge is 2.42. The fourth-order valence-corrected chi connectivity index (χ4v) is 5.27. The van der Waals surface area contributed by atoms with Crippen molar-refractivity contribution in [1.82, 2.24) is 14.7 Å². The van der Waals surface area contributed by atoms with Crippen LogP contribution < -0.4 is 4.74 Å². The van der Waals surface area contributed by atoms with E-state index in [-0.39, 0.29) is 11.6 Å². The summed E-state index contributed by atoms with van der Waals surface area (Å²) in [6, 6.07) is 8.48. The van der Waals surface area contributed by atoms with Crippen LogP contribution in [0.3, 0.4) is 0 Å². The molecule has 31 heavy (non-hydrogen) atoms. The number of carbonyl (C=O) groups excluding carboxylic acids is 1. The van der Waals surface area contributed by atoms with Crippen LogP contribution in [0.2, 0.25) is 0 Å². The number of cyclic esters (lactones) is 1. The van der Waals surface area contributed by atoms with Gasteiger partial charge in [-0.2, -0.15) is 0 Å². The first-order chi connectivity index (χ1) is 15.1. The summed E-state index contributed by atoms with van der Waals surface area (Å²) in [5.41, 5.74) is 3.71. The predicted octanol–water partition coefficient (Wildman–Crippen LogP) is 3.52. The van der Waals surface area contributed by atoms with E-state index in [9.17, 15) is 4.79 Å². The number of hydrogen-bond acceptors (Lipinski definition) is 5. The van der Waals surface area contributed by atoms with Crippen molar-refractivity contribution in [1.29, 1.82) is 0 Å². The van der Waals surface area contributed by atoms with Crippen LogP contribution in [-0.4, -0.2) is 73.2 Å². The molecule has 5 rings (SSSR count). The van der Waals surface area contributed by atoms with Gasteiger partial charge in [0, 0.05) is 44.8 Å². The Bertz CT molecular complexity index is 959. The van der Waals surface area contributed by atoms with Crippen molar-refractivity contribution in [2.75, 3.05) is 52.4 Å². The summed E-state index contributed by atoms with van der Waals surface area (Å²) >= 11 is 0. The minimum Gasteiger partial charge on any atom is -0.457 e. The molecule has 3 aliphatic heterocycles. The van der Waals surface area contributed by atoms with Gasteiger partial charge in [0.15, 0.2) is 0 Å². The molecule has 6 heteroatoms. The van der Waals surface area contributed by atoms with E-state index in [0.29, 0.717) is 13.2 Å². The zero-order chi connectivity index (χ0) is 21.4. The van der Waals surface area contributed by atoms with Gasteiger partial charge in [0.25, 0.3) is 0 Å². The van der Waals surface area contributed by atoms with Crippen molar-refractivity contribution in [2.24, 2.45) is 0 Å². The third-order valence-corrected chi connectivity index (χ3v) is 7.35. The van der Waals surface area contributed by atoms with E-state index in [1.54, 1.807) is 0 Å². The molecule has 2 fully saturated rings. The van der Waals surface area contributed by atoms with Gasteiger partial charge >= 0.3 is 6.09 Å². The molecule has 6 nitrogen and oxygen atoms in total. The van der Waals surface area contributed by atoms with Crippen LogP contribution in [0.4, 0.5) is 4.79 Å². The molecule has 3 heterocycles. The van der Waals surface area contributed by atoms with Crippen molar-refractivity contribution in [3.63, 3.8) is 0 Å². The number of para-hydroxylation sites is 1. The third kappa shape index (κ3) is 3.58. The fourth-order valence-electron chi connectivity index (χ4n) is 5.27. The van der Waals surface area contributed by atoms with Crippen LogP contribution in [-0.2, 0) is 10.3 Å². The topological polar surface area (TPSA) is 45.2 Å². The summed E-state index contributed by atoms with van der Waals surface area (Å²) in [5.74, 6) is 1.93. The van der Waals surface area contributed by atoms with Crippen LogP contribution in [0.5, 0.6) is 5.75 Å². The second-order valence-electron chi connectivity index (χ2n) is 8.87. The highest BCUT2D eigenvalue weighted by Crippen LogP contribution is 2.47. The van der Waals surface area contributed by atoms with E-state index in [4.69, 9.17) is 9.47 Å². The standard InChI is InChI=1S/C25H31N3O3/c1-19-20-7-3-5-9-22(20)31-23-10-6-4-8-21(23)25(19,2)28-15-12-26(13-16-28)11-14-27-17-18-30-24(27)29/h3-6,8-10H,7,11-18H2,1-2H3. The number of benzene rings is 1. The Hall–Kier alpha value is -2.57. The molecule has 0 spiro atoms. The minimum atomic E-state index is -0.211. The van der Waals surface area contributed by atoms with E-state index in [2.05, 4.69) is 66.1 Å². The molecule has 0 aromatic heterocycles. The van der Waals surface area contributed by atoms with E-state index in [1.807, 2.05) is 4.90 Å². The van der Waals surface area contributed by atoms with Crippen LogP contribution in [0.1, 0.15) is 25.8 Å². The Morgan fingerprint density at radius 2 is 1.87 bits per heavy atom. The number of allylic oxidation sites excluding steroid dienone is 4. The second kappa shape index (κ2) is 8.17. The van der Waals surface area contributed by atoms with Gasteiger partial charge in [-0.05, 0) is 43.6 Å². The van der Waals surface area contributed by atoms with E-state index < -0.39 is 0 Å². The second-order valence-corrected chi connectivity index (χ2v) is 8.87. The number of hydrogen-bond donors (Lipinski definition) is 0. The number of rotatable bonds is 4. The van der Waals surface area contributed by atoms with Crippen molar-refractivity contribution in [3.8, 4) is 5.75 Å². The Kier molecular flexibility index (Phi) is 5.36. The maximum Gasteiger partial charge on any atom is 0.409 e. The number of ether oxygens (including phenoxy) is 2. The molecule has 164 valence electrons. The van der Waals surface area contributed by atoms with Gasteiger partial charge in [-0.1, -0.05) is 30.4 Å².